The second kappa shape index (κ2) is 13.0. The number of hydrogen-bond donors (Lipinski definition) is 3. The van der Waals surface area contributed by atoms with Gasteiger partial charge in [0.25, 0.3) is 0 Å². The van der Waals surface area contributed by atoms with Gasteiger partial charge in [-0.25, -0.2) is 4.79 Å². The molecule has 34 heavy (non-hydrogen) atoms. The lowest BCUT2D eigenvalue weighted by Gasteiger charge is -2.16. The molecule has 0 heterocycles. The molecular weight excluding hydrogens is 430 g/mol. The van der Waals surface area contributed by atoms with Gasteiger partial charge in [-0.05, 0) is 34.7 Å². The van der Waals surface area contributed by atoms with Gasteiger partial charge in [-0.2, -0.15) is 0 Å². The van der Waals surface area contributed by atoms with Crippen LogP contribution in [0.5, 0.6) is 0 Å². The van der Waals surface area contributed by atoms with E-state index < -0.39 is 18.0 Å². The lowest BCUT2D eigenvalue weighted by molar-refractivity contribution is -0.127. The number of amides is 3. The van der Waals surface area contributed by atoms with Gasteiger partial charge in [0, 0.05) is 19.4 Å². The topological polar surface area (TPSA) is 111 Å². The summed E-state index contributed by atoms with van der Waals surface area (Å²) in [6.07, 6.45) is 2.32. The zero-order valence-corrected chi connectivity index (χ0v) is 19.2. The summed E-state index contributed by atoms with van der Waals surface area (Å²) in [6, 6.07) is 22.6. The van der Waals surface area contributed by atoms with E-state index in [-0.39, 0.29) is 12.5 Å². The predicted octanol–water partition coefficient (Wildman–Crippen LogP) is 3.84. The number of ether oxygens (including phenoxy) is 1. The van der Waals surface area contributed by atoms with Crippen LogP contribution in [0.25, 0.3) is 10.8 Å². The molecule has 0 fully saturated rings. The summed E-state index contributed by atoms with van der Waals surface area (Å²) in [4.78, 5) is 35.9. The van der Waals surface area contributed by atoms with Crippen LogP contribution < -0.4 is 16.4 Å². The van der Waals surface area contributed by atoms with Crippen molar-refractivity contribution >= 4 is 28.7 Å². The summed E-state index contributed by atoms with van der Waals surface area (Å²) in [5.74, 6) is -0.764. The van der Waals surface area contributed by atoms with E-state index in [1.807, 2.05) is 72.8 Å². The Kier molecular flexibility index (Phi) is 9.46. The van der Waals surface area contributed by atoms with E-state index >= 15 is 0 Å². The fraction of sp³-hybridized carbons (Fsp3) is 0.296. The van der Waals surface area contributed by atoms with Crippen molar-refractivity contribution in [2.24, 2.45) is 5.73 Å². The van der Waals surface area contributed by atoms with Gasteiger partial charge in [-0.15, -0.1) is 0 Å². The van der Waals surface area contributed by atoms with Crippen LogP contribution in [0.15, 0.2) is 72.8 Å². The second-order valence-electron chi connectivity index (χ2n) is 8.21. The molecule has 7 nitrogen and oxygen atoms in total. The number of benzene rings is 3. The average molecular weight is 462 g/mol. The Morgan fingerprint density at radius 1 is 0.824 bits per heavy atom. The number of hydrogen-bond acceptors (Lipinski definition) is 4. The summed E-state index contributed by atoms with van der Waals surface area (Å²) in [5.41, 5.74) is 7.39. The molecule has 0 saturated heterocycles. The van der Waals surface area contributed by atoms with Crippen molar-refractivity contribution in [3.05, 3.63) is 83.9 Å². The van der Waals surface area contributed by atoms with Crippen molar-refractivity contribution < 1.29 is 19.1 Å². The van der Waals surface area contributed by atoms with Gasteiger partial charge in [-0.1, -0.05) is 79.2 Å². The Bertz CT molecular complexity index is 1100. The van der Waals surface area contributed by atoms with Crippen LogP contribution in [0, 0.1) is 0 Å². The largest absolute Gasteiger partial charge is 0.445 e. The van der Waals surface area contributed by atoms with E-state index in [1.54, 1.807) is 0 Å². The first-order valence-corrected chi connectivity index (χ1v) is 11.5. The molecule has 1 atom stereocenters. The molecule has 0 aliphatic carbocycles. The number of primary amides is 1. The first-order chi connectivity index (χ1) is 16.5. The number of carbonyl (C=O) groups excluding carboxylic acids is 3. The lowest BCUT2D eigenvalue weighted by atomic mass is 10.0. The predicted molar refractivity (Wildman–Crippen MR) is 132 cm³/mol. The molecule has 3 aromatic carbocycles. The molecule has 0 spiro atoms. The fourth-order valence-electron chi connectivity index (χ4n) is 3.64. The normalized spacial score (nSPS) is 11.5. The molecule has 0 radical (unpaired) electrons. The number of rotatable bonds is 12. The van der Waals surface area contributed by atoms with E-state index in [0.717, 1.165) is 34.7 Å². The molecular formula is C27H31N3O4. The third-order valence-electron chi connectivity index (χ3n) is 5.50. The summed E-state index contributed by atoms with van der Waals surface area (Å²) >= 11 is 0. The maximum Gasteiger partial charge on any atom is 0.407 e. The van der Waals surface area contributed by atoms with Crippen LogP contribution in [-0.4, -0.2) is 30.5 Å². The summed E-state index contributed by atoms with van der Waals surface area (Å²) in [7, 11) is 0. The third kappa shape index (κ3) is 8.24. The zero-order chi connectivity index (χ0) is 24.2. The Labute approximate surface area is 199 Å². The number of carbonyl (C=O) groups is 3. The standard InChI is InChI=1S/C27H31N3O4/c28-26(32)24(18-21-14-15-22-11-6-7-12-23(22)17-21)30-25(31)13-5-2-8-16-29-27(33)34-19-20-9-3-1-4-10-20/h1,3-4,6-7,9-12,14-15,17,24H,2,5,8,13,16,18-19H2,(H2,28,32)(H,29,33)(H,30,31)/t24-/m0/s1. The smallest absolute Gasteiger partial charge is 0.407 e. The second-order valence-corrected chi connectivity index (χ2v) is 8.21. The van der Waals surface area contributed by atoms with Crippen LogP contribution >= 0.6 is 0 Å². The number of alkyl carbamates (subject to hydrolysis) is 1. The number of unbranched alkanes of at least 4 members (excludes halogenated alkanes) is 2. The van der Waals surface area contributed by atoms with Gasteiger partial charge in [0.1, 0.15) is 12.6 Å². The van der Waals surface area contributed by atoms with Gasteiger partial charge >= 0.3 is 6.09 Å². The molecule has 178 valence electrons. The Morgan fingerprint density at radius 3 is 2.32 bits per heavy atom. The minimum atomic E-state index is -0.755. The van der Waals surface area contributed by atoms with Crippen molar-refractivity contribution in [1.29, 1.82) is 0 Å². The van der Waals surface area contributed by atoms with Crippen LogP contribution in [-0.2, 0) is 27.4 Å². The molecule has 0 aliphatic heterocycles. The highest BCUT2D eigenvalue weighted by atomic mass is 16.5. The molecule has 0 unspecified atom stereocenters. The highest BCUT2D eigenvalue weighted by Gasteiger charge is 2.18. The molecule has 7 heteroatoms. The molecule has 3 rings (SSSR count). The summed E-state index contributed by atoms with van der Waals surface area (Å²) in [5, 5.41) is 7.65. The van der Waals surface area contributed by atoms with E-state index in [2.05, 4.69) is 10.6 Å². The zero-order valence-electron chi connectivity index (χ0n) is 19.2. The Morgan fingerprint density at radius 2 is 1.56 bits per heavy atom. The van der Waals surface area contributed by atoms with Crippen molar-refractivity contribution in [2.45, 2.75) is 44.8 Å². The van der Waals surface area contributed by atoms with E-state index in [4.69, 9.17) is 10.5 Å². The monoisotopic (exact) mass is 461 g/mol. The number of nitrogens with one attached hydrogen (secondary N) is 2. The summed E-state index contributed by atoms with van der Waals surface area (Å²) < 4.78 is 5.15. The number of nitrogens with two attached hydrogens (primary N) is 1. The highest BCUT2D eigenvalue weighted by Crippen LogP contribution is 2.17. The Balaban J connectivity index is 1.32. The molecule has 3 amide bonds. The van der Waals surface area contributed by atoms with E-state index in [0.29, 0.717) is 25.8 Å². The van der Waals surface area contributed by atoms with Crippen LogP contribution in [0.1, 0.15) is 36.8 Å². The van der Waals surface area contributed by atoms with Gasteiger partial charge in [0.15, 0.2) is 0 Å². The van der Waals surface area contributed by atoms with Crippen molar-refractivity contribution in [1.82, 2.24) is 10.6 Å². The lowest BCUT2D eigenvalue weighted by Crippen LogP contribution is -2.45. The maximum absolute atomic E-state index is 12.3. The van der Waals surface area contributed by atoms with Crippen molar-refractivity contribution in [3.8, 4) is 0 Å². The molecule has 0 aromatic heterocycles. The van der Waals surface area contributed by atoms with Crippen molar-refractivity contribution in [3.63, 3.8) is 0 Å². The average Bonchev–Trinajstić information content (AvgIpc) is 2.85. The fourth-order valence-corrected chi connectivity index (χ4v) is 3.64. The van der Waals surface area contributed by atoms with Gasteiger partial charge in [-0.3, -0.25) is 9.59 Å². The van der Waals surface area contributed by atoms with Crippen LogP contribution in [0.4, 0.5) is 4.79 Å². The third-order valence-corrected chi connectivity index (χ3v) is 5.50. The van der Waals surface area contributed by atoms with Crippen LogP contribution in [0.3, 0.4) is 0 Å². The van der Waals surface area contributed by atoms with Crippen LogP contribution in [0.2, 0.25) is 0 Å². The minimum absolute atomic E-state index is 0.209. The first kappa shape index (κ1) is 24.8. The van der Waals surface area contributed by atoms with Gasteiger partial charge in [0.05, 0.1) is 0 Å². The SMILES string of the molecule is NC(=O)[C@H](Cc1ccc2ccccc2c1)NC(=O)CCCCCNC(=O)OCc1ccccc1. The number of fused-ring (bicyclic) bond motifs is 1. The molecule has 4 N–H and O–H groups in total. The minimum Gasteiger partial charge on any atom is -0.445 e. The van der Waals surface area contributed by atoms with Gasteiger partial charge in [0.2, 0.25) is 11.8 Å². The van der Waals surface area contributed by atoms with E-state index in [1.165, 1.54) is 0 Å². The summed E-state index contributed by atoms with van der Waals surface area (Å²) in [6.45, 7) is 0.703. The molecule has 0 saturated carbocycles. The van der Waals surface area contributed by atoms with Gasteiger partial charge < -0.3 is 21.1 Å². The Hall–Kier alpha value is -3.87. The highest BCUT2D eigenvalue weighted by molar-refractivity contribution is 5.87. The van der Waals surface area contributed by atoms with E-state index in [9.17, 15) is 14.4 Å². The molecule has 0 aliphatic rings. The quantitative estimate of drug-likeness (QED) is 0.356. The molecule has 3 aromatic rings. The maximum atomic E-state index is 12.3. The first-order valence-electron chi connectivity index (χ1n) is 11.5. The molecule has 0 bridgehead atoms. The van der Waals surface area contributed by atoms with Crippen molar-refractivity contribution in [2.75, 3.05) is 6.54 Å².